The molecule has 1 heterocycles. The number of nitrogens with one attached hydrogen (secondary N) is 1. The highest BCUT2D eigenvalue weighted by atomic mass is 79.9. The van der Waals surface area contributed by atoms with Crippen molar-refractivity contribution in [2.75, 3.05) is 4.66 Å². The van der Waals surface area contributed by atoms with E-state index >= 15 is 0 Å². The highest BCUT2D eigenvalue weighted by molar-refractivity contribution is 9.11. The highest BCUT2D eigenvalue weighted by Gasteiger charge is 2.07. The van der Waals surface area contributed by atoms with Crippen LogP contribution in [0, 0.1) is 0 Å². The summed E-state index contributed by atoms with van der Waals surface area (Å²) in [5, 5.41) is 0. The van der Waals surface area contributed by atoms with Gasteiger partial charge in [-0.05, 0) is 28.1 Å². The van der Waals surface area contributed by atoms with Crippen LogP contribution in [0.3, 0.4) is 0 Å². The maximum atomic E-state index is 11.0. The number of hydrogen-bond acceptors (Lipinski definition) is 3. The summed E-state index contributed by atoms with van der Waals surface area (Å²) in [4.78, 5) is 0.983. The van der Waals surface area contributed by atoms with Crippen molar-refractivity contribution in [1.29, 1.82) is 0 Å². The predicted octanol–water partition coefficient (Wildman–Crippen LogP) is 2.28. The lowest BCUT2D eigenvalue weighted by Gasteiger charge is -2.00. The van der Waals surface area contributed by atoms with E-state index in [4.69, 9.17) is 0 Å². The van der Waals surface area contributed by atoms with Crippen LogP contribution in [0.4, 0.5) is 0 Å². The van der Waals surface area contributed by atoms with Crippen molar-refractivity contribution in [1.82, 2.24) is 4.72 Å². The average molecular weight is 349 g/mol. The second-order valence-electron chi connectivity index (χ2n) is 2.25. The fraction of sp³-hybridized carbons (Fsp3) is 0.333. The Morgan fingerprint density at radius 3 is 2.62 bits per heavy atom. The third-order valence-electron chi connectivity index (χ3n) is 1.24. The summed E-state index contributed by atoms with van der Waals surface area (Å²) < 4.78 is 25.4. The van der Waals surface area contributed by atoms with Crippen LogP contribution in [0.15, 0.2) is 15.9 Å². The molecule has 0 bridgehead atoms. The van der Waals surface area contributed by atoms with Crippen molar-refractivity contribution in [3.05, 3.63) is 20.8 Å². The molecule has 0 unspecified atom stereocenters. The normalized spacial score (nSPS) is 11.8. The molecule has 0 amide bonds. The van der Waals surface area contributed by atoms with Crippen molar-refractivity contribution in [2.45, 2.75) is 6.54 Å². The molecule has 0 atom stereocenters. The van der Waals surface area contributed by atoms with Crippen molar-refractivity contribution in [3.8, 4) is 0 Å². The SMILES string of the molecule is O=S(=O)(CBr)NCc1ccc(Br)s1. The second-order valence-corrected chi connectivity index (χ2v) is 7.91. The molecule has 0 saturated heterocycles. The zero-order chi connectivity index (χ0) is 9.90. The Bertz CT molecular complexity index is 374. The number of sulfonamides is 1. The van der Waals surface area contributed by atoms with Crippen LogP contribution in [0.25, 0.3) is 0 Å². The van der Waals surface area contributed by atoms with Crippen LogP contribution in [-0.4, -0.2) is 13.1 Å². The molecule has 13 heavy (non-hydrogen) atoms. The lowest BCUT2D eigenvalue weighted by molar-refractivity contribution is 0.587. The predicted molar refractivity (Wildman–Crippen MR) is 61.6 cm³/mol. The summed E-state index contributed by atoms with van der Waals surface area (Å²) in [6.45, 7) is 0.351. The molecule has 0 aliphatic carbocycles. The second kappa shape index (κ2) is 4.88. The topological polar surface area (TPSA) is 46.2 Å². The van der Waals surface area contributed by atoms with Gasteiger partial charge < -0.3 is 0 Å². The molecule has 0 saturated carbocycles. The summed E-state index contributed by atoms with van der Waals surface area (Å²) in [5.74, 6) is 0. The van der Waals surface area contributed by atoms with Gasteiger partial charge in [-0.3, -0.25) is 0 Å². The van der Waals surface area contributed by atoms with Gasteiger partial charge in [0, 0.05) is 11.4 Å². The van der Waals surface area contributed by atoms with Crippen LogP contribution in [-0.2, 0) is 16.6 Å². The first kappa shape index (κ1) is 11.6. The molecule has 0 spiro atoms. The van der Waals surface area contributed by atoms with Crippen molar-refractivity contribution < 1.29 is 8.42 Å². The van der Waals surface area contributed by atoms with Crippen molar-refractivity contribution in [2.24, 2.45) is 0 Å². The maximum absolute atomic E-state index is 11.0. The molecule has 1 aromatic rings. The zero-order valence-corrected chi connectivity index (χ0v) is 11.3. The summed E-state index contributed by atoms with van der Waals surface area (Å²) in [7, 11) is -3.15. The fourth-order valence-corrected chi connectivity index (χ4v) is 3.12. The highest BCUT2D eigenvalue weighted by Crippen LogP contribution is 2.21. The molecule has 0 fully saturated rings. The van der Waals surface area contributed by atoms with Gasteiger partial charge in [-0.25, -0.2) is 13.1 Å². The van der Waals surface area contributed by atoms with Crippen LogP contribution in [0.2, 0.25) is 0 Å². The Morgan fingerprint density at radius 2 is 2.15 bits per heavy atom. The van der Waals surface area contributed by atoms with Crippen molar-refractivity contribution in [3.63, 3.8) is 0 Å². The van der Waals surface area contributed by atoms with Gasteiger partial charge in [0.15, 0.2) is 0 Å². The summed E-state index contributed by atoms with van der Waals surface area (Å²) in [6, 6.07) is 3.77. The lowest BCUT2D eigenvalue weighted by atomic mass is 10.5. The molecule has 1 aromatic heterocycles. The fourth-order valence-electron chi connectivity index (χ4n) is 0.666. The Labute approximate surface area is 97.8 Å². The van der Waals surface area contributed by atoms with E-state index in [-0.39, 0.29) is 4.66 Å². The number of alkyl halides is 1. The first-order valence-electron chi connectivity index (χ1n) is 3.31. The van der Waals surface area contributed by atoms with E-state index < -0.39 is 10.0 Å². The van der Waals surface area contributed by atoms with Gasteiger partial charge in [-0.2, -0.15) is 0 Å². The molecule has 1 rings (SSSR count). The monoisotopic (exact) mass is 347 g/mol. The van der Waals surface area contributed by atoms with Crippen LogP contribution in [0.5, 0.6) is 0 Å². The zero-order valence-electron chi connectivity index (χ0n) is 6.46. The molecule has 0 aliphatic rings. The Morgan fingerprint density at radius 1 is 1.46 bits per heavy atom. The molecular formula is C6H7Br2NO2S2. The van der Waals surface area contributed by atoms with Gasteiger partial charge in [0.2, 0.25) is 10.0 Å². The molecule has 1 N–H and O–H groups in total. The molecular weight excluding hydrogens is 342 g/mol. The summed E-state index contributed by atoms with van der Waals surface area (Å²) in [6.07, 6.45) is 0. The van der Waals surface area contributed by atoms with E-state index in [1.807, 2.05) is 12.1 Å². The van der Waals surface area contributed by atoms with Crippen LogP contribution in [0.1, 0.15) is 4.88 Å². The standard InChI is InChI=1S/C6H7Br2NO2S2/c7-4-13(10,11)9-3-5-1-2-6(8)12-5/h1-2,9H,3-4H2. The number of rotatable bonds is 4. The lowest BCUT2D eigenvalue weighted by Crippen LogP contribution is -2.23. The minimum Gasteiger partial charge on any atom is -0.212 e. The van der Waals surface area contributed by atoms with Crippen LogP contribution >= 0.6 is 43.2 Å². The van der Waals surface area contributed by atoms with Crippen LogP contribution < -0.4 is 4.72 Å². The molecule has 0 radical (unpaired) electrons. The first-order valence-corrected chi connectivity index (χ1v) is 7.69. The Balaban J connectivity index is 2.53. The number of halogens is 2. The largest absolute Gasteiger partial charge is 0.221 e. The van der Waals surface area contributed by atoms with Gasteiger partial charge in [-0.1, -0.05) is 15.9 Å². The van der Waals surface area contributed by atoms with E-state index in [0.29, 0.717) is 6.54 Å². The third kappa shape index (κ3) is 4.07. The average Bonchev–Trinajstić information content (AvgIpc) is 2.48. The first-order chi connectivity index (χ1) is 6.03. The van der Waals surface area contributed by atoms with E-state index in [1.54, 1.807) is 0 Å². The number of thiophene rings is 1. The Hall–Kier alpha value is 0.570. The minimum absolute atomic E-state index is 0.0630. The quantitative estimate of drug-likeness (QED) is 0.848. The minimum atomic E-state index is -3.15. The molecule has 0 aromatic carbocycles. The molecule has 7 heteroatoms. The van der Waals surface area contributed by atoms with E-state index in [9.17, 15) is 8.42 Å². The third-order valence-corrected chi connectivity index (χ3v) is 5.54. The molecule has 3 nitrogen and oxygen atoms in total. The summed E-state index contributed by atoms with van der Waals surface area (Å²) in [5.41, 5.74) is 0. The van der Waals surface area contributed by atoms with Gasteiger partial charge >= 0.3 is 0 Å². The van der Waals surface area contributed by atoms with Gasteiger partial charge in [-0.15, -0.1) is 11.3 Å². The van der Waals surface area contributed by atoms with Gasteiger partial charge in [0.25, 0.3) is 0 Å². The van der Waals surface area contributed by atoms with E-state index in [0.717, 1.165) is 8.66 Å². The van der Waals surface area contributed by atoms with Gasteiger partial charge in [0.1, 0.15) is 4.66 Å². The van der Waals surface area contributed by atoms with Crippen molar-refractivity contribution >= 4 is 53.2 Å². The van der Waals surface area contributed by atoms with E-state index in [1.165, 1.54) is 11.3 Å². The summed E-state index contributed by atoms with van der Waals surface area (Å²) >= 11 is 7.71. The maximum Gasteiger partial charge on any atom is 0.221 e. The smallest absolute Gasteiger partial charge is 0.212 e. The molecule has 0 aliphatic heterocycles. The van der Waals surface area contributed by atoms with Gasteiger partial charge in [0.05, 0.1) is 3.79 Å². The number of hydrogen-bond donors (Lipinski definition) is 1. The van der Waals surface area contributed by atoms with E-state index in [2.05, 4.69) is 36.6 Å². The Kier molecular flexibility index (Phi) is 4.37. The molecule has 74 valence electrons.